The molecule has 0 saturated heterocycles. The first-order valence-electron chi connectivity index (χ1n) is 5.94. The van der Waals surface area contributed by atoms with E-state index in [0.29, 0.717) is 4.90 Å². The highest BCUT2D eigenvalue weighted by Gasteiger charge is 2.16. The van der Waals surface area contributed by atoms with E-state index >= 15 is 0 Å². The molecule has 0 aliphatic rings. The fourth-order valence-corrected chi connectivity index (χ4v) is 2.50. The molecule has 0 spiro atoms. The van der Waals surface area contributed by atoms with Crippen molar-refractivity contribution in [3.8, 4) is 0 Å². The lowest BCUT2D eigenvalue weighted by Gasteiger charge is -2.08. The topological polar surface area (TPSA) is 70.1 Å². The summed E-state index contributed by atoms with van der Waals surface area (Å²) in [5, 5.41) is 4.00. The number of anilines is 1. The van der Waals surface area contributed by atoms with Gasteiger partial charge in [-0.05, 0) is 19.1 Å². The molecule has 1 heterocycles. The summed E-state index contributed by atoms with van der Waals surface area (Å²) in [5.74, 6) is -1.04. The van der Waals surface area contributed by atoms with Crippen LogP contribution in [0.5, 0.6) is 0 Å². The third-order valence-electron chi connectivity index (χ3n) is 2.51. The highest BCUT2D eigenvalue weighted by Crippen LogP contribution is 2.32. The van der Waals surface area contributed by atoms with Gasteiger partial charge in [-0.1, -0.05) is 11.8 Å². The zero-order valence-electron chi connectivity index (χ0n) is 11.1. The maximum Gasteiger partial charge on any atom is 0.340 e. The van der Waals surface area contributed by atoms with Crippen molar-refractivity contribution in [2.45, 2.75) is 16.7 Å². The van der Waals surface area contributed by atoms with E-state index in [9.17, 15) is 9.18 Å². The number of benzene rings is 1. The molecular weight excluding hydrogens is 281 g/mol. The van der Waals surface area contributed by atoms with Crippen LogP contribution in [0.1, 0.15) is 17.3 Å². The van der Waals surface area contributed by atoms with Crippen LogP contribution in [0.25, 0.3) is 0 Å². The van der Waals surface area contributed by atoms with Crippen molar-refractivity contribution >= 4 is 23.4 Å². The van der Waals surface area contributed by atoms with Crippen LogP contribution in [0.15, 0.2) is 34.3 Å². The van der Waals surface area contributed by atoms with Crippen LogP contribution in [0, 0.1) is 5.82 Å². The van der Waals surface area contributed by atoms with E-state index in [0.717, 1.165) is 11.0 Å². The molecule has 106 valence electrons. The zero-order chi connectivity index (χ0) is 14.7. The van der Waals surface area contributed by atoms with E-state index in [1.807, 2.05) is 0 Å². The number of aromatic nitrogens is 2. The molecule has 2 aromatic rings. The first-order chi connectivity index (χ1) is 9.51. The number of nitrogens with two attached hydrogens (primary N) is 1. The van der Waals surface area contributed by atoms with Gasteiger partial charge >= 0.3 is 5.97 Å². The number of rotatable bonds is 4. The van der Waals surface area contributed by atoms with Crippen molar-refractivity contribution in [2.75, 3.05) is 12.3 Å². The molecule has 2 N–H and O–H groups in total. The number of hydrogen-bond acceptors (Lipinski definition) is 5. The summed E-state index contributed by atoms with van der Waals surface area (Å²) in [6, 6.07) is 2.53. The SMILES string of the molecule is CCOC(=O)c1cc(Sc2cnn(C)c2)c(F)cc1N. The van der Waals surface area contributed by atoms with Crippen LogP contribution in [0.3, 0.4) is 0 Å². The molecule has 0 aliphatic heterocycles. The van der Waals surface area contributed by atoms with E-state index < -0.39 is 11.8 Å². The van der Waals surface area contributed by atoms with Crippen LogP contribution in [0.4, 0.5) is 10.1 Å². The highest BCUT2D eigenvalue weighted by atomic mass is 32.2. The van der Waals surface area contributed by atoms with Crippen molar-refractivity contribution in [3.63, 3.8) is 0 Å². The van der Waals surface area contributed by atoms with Gasteiger partial charge in [0.1, 0.15) is 5.82 Å². The number of halogens is 1. The van der Waals surface area contributed by atoms with Crippen molar-refractivity contribution in [1.82, 2.24) is 9.78 Å². The summed E-state index contributed by atoms with van der Waals surface area (Å²) in [6.07, 6.45) is 3.37. The third kappa shape index (κ3) is 3.11. The zero-order valence-corrected chi connectivity index (χ0v) is 11.9. The monoisotopic (exact) mass is 295 g/mol. The molecule has 1 aromatic carbocycles. The summed E-state index contributed by atoms with van der Waals surface area (Å²) in [5.41, 5.74) is 5.88. The molecule has 7 heteroatoms. The fraction of sp³-hybridized carbons (Fsp3) is 0.231. The third-order valence-corrected chi connectivity index (χ3v) is 3.49. The summed E-state index contributed by atoms with van der Waals surface area (Å²) in [7, 11) is 1.77. The second-order valence-electron chi connectivity index (χ2n) is 4.04. The molecule has 2 rings (SSSR count). The number of nitrogen functional groups attached to an aromatic ring is 1. The van der Waals surface area contributed by atoms with Gasteiger partial charge in [0.25, 0.3) is 0 Å². The van der Waals surface area contributed by atoms with Gasteiger partial charge in [0, 0.05) is 23.8 Å². The lowest BCUT2D eigenvalue weighted by molar-refractivity contribution is 0.0527. The number of carbonyl (C=O) groups is 1. The van der Waals surface area contributed by atoms with Crippen LogP contribution in [0.2, 0.25) is 0 Å². The van der Waals surface area contributed by atoms with E-state index in [-0.39, 0.29) is 17.9 Å². The lowest BCUT2D eigenvalue weighted by Crippen LogP contribution is -2.08. The molecule has 0 radical (unpaired) electrons. The first kappa shape index (κ1) is 14.4. The number of carbonyl (C=O) groups excluding carboxylic acids is 1. The smallest absolute Gasteiger partial charge is 0.340 e. The van der Waals surface area contributed by atoms with Gasteiger partial charge in [-0.25, -0.2) is 9.18 Å². The molecule has 0 amide bonds. The molecule has 0 saturated carbocycles. The van der Waals surface area contributed by atoms with E-state index in [4.69, 9.17) is 10.5 Å². The van der Waals surface area contributed by atoms with Gasteiger partial charge in [-0.15, -0.1) is 0 Å². The van der Waals surface area contributed by atoms with Gasteiger partial charge in [0.2, 0.25) is 0 Å². The van der Waals surface area contributed by atoms with Gasteiger partial charge in [0.05, 0.1) is 23.3 Å². The van der Waals surface area contributed by atoms with Crippen LogP contribution in [-0.2, 0) is 11.8 Å². The average molecular weight is 295 g/mol. The number of aryl methyl sites for hydroxylation is 1. The largest absolute Gasteiger partial charge is 0.462 e. The number of ether oxygens (including phenoxy) is 1. The Morgan fingerprint density at radius 2 is 2.30 bits per heavy atom. The Balaban J connectivity index is 2.33. The fourth-order valence-electron chi connectivity index (χ4n) is 1.61. The van der Waals surface area contributed by atoms with Crippen LogP contribution < -0.4 is 5.73 Å². The molecule has 0 aliphatic carbocycles. The Labute approximate surface area is 119 Å². The van der Waals surface area contributed by atoms with Crippen LogP contribution >= 0.6 is 11.8 Å². The Kier molecular flexibility index (Phi) is 4.29. The van der Waals surface area contributed by atoms with E-state index in [2.05, 4.69) is 5.10 Å². The number of hydrogen-bond donors (Lipinski definition) is 1. The molecule has 0 fully saturated rings. The summed E-state index contributed by atoms with van der Waals surface area (Å²) in [6.45, 7) is 1.93. The van der Waals surface area contributed by atoms with Crippen LogP contribution in [-0.4, -0.2) is 22.4 Å². The number of esters is 1. The Hall–Kier alpha value is -2.02. The normalized spacial score (nSPS) is 10.6. The standard InChI is InChI=1S/C13H14FN3O2S/c1-3-19-13(18)9-4-12(10(14)5-11(9)15)20-8-6-16-17(2)7-8/h4-7H,3,15H2,1-2H3. The molecular formula is C13H14FN3O2S. The minimum Gasteiger partial charge on any atom is -0.462 e. The molecule has 0 atom stereocenters. The van der Waals surface area contributed by atoms with Gasteiger partial charge in [-0.3, -0.25) is 4.68 Å². The van der Waals surface area contributed by atoms with E-state index in [1.54, 1.807) is 31.0 Å². The maximum absolute atomic E-state index is 13.9. The van der Waals surface area contributed by atoms with E-state index in [1.165, 1.54) is 17.8 Å². The first-order valence-corrected chi connectivity index (χ1v) is 6.75. The minimum absolute atomic E-state index is 0.0662. The summed E-state index contributed by atoms with van der Waals surface area (Å²) < 4.78 is 20.4. The predicted octanol–water partition coefficient (Wildman–Crippen LogP) is 2.47. The molecule has 5 nitrogen and oxygen atoms in total. The predicted molar refractivity (Wildman–Crippen MR) is 74.1 cm³/mol. The molecule has 0 bridgehead atoms. The highest BCUT2D eigenvalue weighted by molar-refractivity contribution is 7.99. The maximum atomic E-state index is 13.9. The van der Waals surface area contributed by atoms with Gasteiger partial charge < -0.3 is 10.5 Å². The quantitative estimate of drug-likeness (QED) is 0.693. The summed E-state index contributed by atoms with van der Waals surface area (Å²) in [4.78, 5) is 12.8. The second-order valence-corrected chi connectivity index (χ2v) is 5.16. The Morgan fingerprint density at radius 1 is 1.55 bits per heavy atom. The average Bonchev–Trinajstić information content (AvgIpc) is 2.78. The van der Waals surface area contributed by atoms with Gasteiger partial charge in [0.15, 0.2) is 0 Å². The van der Waals surface area contributed by atoms with Crippen molar-refractivity contribution in [2.24, 2.45) is 7.05 Å². The molecule has 1 aromatic heterocycles. The Morgan fingerprint density at radius 3 is 2.90 bits per heavy atom. The Bertz CT molecular complexity index is 643. The van der Waals surface area contributed by atoms with Crippen molar-refractivity contribution < 1.29 is 13.9 Å². The number of nitrogens with zero attached hydrogens (tertiary/aromatic N) is 2. The second kappa shape index (κ2) is 5.96. The molecule has 20 heavy (non-hydrogen) atoms. The lowest BCUT2D eigenvalue weighted by atomic mass is 10.2. The van der Waals surface area contributed by atoms with Gasteiger partial charge in [-0.2, -0.15) is 5.10 Å². The van der Waals surface area contributed by atoms with Crippen molar-refractivity contribution in [3.05, 3.63) is 35.9 Å². The minimum atomic E-state index is -0.557. The summed E-state index contributed by atoms with van der Waals surface area (Å²) >= 11 is 1.17. The molecule has 0 unspecified atom stereocenters. The van der Waals surface area contributed by atoms with Crippen molar-refractivity contribution in [1.29, 1.82) is 0 Å².